The lowest BCUT2D eigenvalue weighted by atomic mass is 9.49. The second-order valence-electron chi connectivity index (χ2n) is 10.8. The Labute approximate surface area is 178 Å². The van der Waals surface area contributed by atoms with Gasteiger partial charge in [0.05, 0.1) is 28.6 Å². The van der Waals surface area contributed by atoms with Crippen LogP contribution in [0.3, 0.4) is 0 Å². The van der Waals surface area contributed by atoms with E-state index >= 15 is 0 Å². The molecular weight excluding hydrogens is 380 g/mol. The van der Waals surface area contributed by atoms with Gasteiger partial charge in [0.25, 0.3) is 0 Å². The number of likely N-dealkylation sites (tertiary alicyclic amines) is 1. The first-order chi connectivity index (χ1) is 14.0. The summed E-state index contributed by atoms with van der Waals surface area (Å²) in [6.45, 7) is 4.51. The molecule has 1 aromatic heterocycles. The number of nitrogens with zero attached hydrogens (tertiary/aromatic N) is 2. The van der Waals surface area contributed by atoms with E-state index in [1.54, 1.807) is 0 Å². The zero-order valence-corrected chi connectivity index (χ0v) is 18.3. The van der Waals surface area contributed by atoms with Gasteiger partial charge in [-0.3, -0.25) is 9.78 Å². The van der Waals surface area contributed by atoms with Crippen LogP contribution in [-0.4, -0.2) is 45.5 Å². The number of hydrogen-bond donors (Lipinski definition) is 0. The predicted octanol–water partition coefficient (Wildman–Crippen LogP) is 4.21. The van der Waals surface area contributed by atoms with Crippen LogP contribution in [0, 0.1) is 30.1 Å². The Balaban J connectivity index is 1.04. The Hall–Kier alpha value is -1.07. The number of rotatable bonds is 4. The minimum absolute atomic E-state index is 0.0202. The van der Waals surface area contributed by atoms with Crippen LogP contribution >= 0.6 is 11.8 Å². The van der Waals surface area contributed by atoms with Gasteiger partial charge in [0.15, 0.2) is 0 Å². The second-order valence-corrected chi connectivity index (χ2v) is 12.2. The Kier molecular flexibility index (Phi) is 4.32. The average molecular weight is 413 g/mol. The number of aromatic nitrogens is 1. The third-order valence-corrected chi connectivity index (χ3v) is 9.90. The van der Waals surface area contributed by atoms with Gasteiger partial charge in [0.1, 0.15) is 0 Å². The predicted molar refractivity (Wildman–Crippen MR) is 115 cm³/mol. The maximum absolute atomic E-state index is 13.5. The van der Waals surface area contributed by atoms with Gasteiger partial charge in [-0.2, -0.15) is 0 Å². The minimum Gasteiger partial charge on any atom is -0.371 e. The van der Waals surface area contributed by atoms with Crippen LogP contribution in [0.1, 0.15) is 56.3 Å². The quantitative estimate of drug-likeness (QED) is 0.743. The van der Waals surface area contributed by atoms with E-state index < -0.39 is 0 Å². The summed E-state index contributed by atoms with van der Waals surface area (Å²) in [5, 5.41) is 0. The fourth-order valence-corrected chi connectivity index (χ4v) is 9.07. The van der Waals surface area contributed by atoms with Gasteiger partial charge in [0, 0.05) is 24.5 Å². The third-order valence-electron chi connectivity index (χ3n) is 8.33. The van der Waals surface area contributed by atoms with E-state index in [1.807, 2.05) is 36.9 Å². The van der Waals surface area contributed by atoms with Crippen molar-refractivity contribution in [2.75, 3.05) is 18.8 Å². The summed E-state index contributed by atoms with van der Waals surface area (Å²) in [6, 6.07) is 6.11. The Morgan fingerprint density at radius 3 is 2.48 bits per heavy atom. The zero-order chi connectivity index (χ0) is 19.6. The molecule has 1 aromatic rings. The van der Waals surface area contributed by atoms with E-state index in [0.717, 1.165) is 54.4 Å². The normalized spacial score (nSPS) is 39.1. The lowest BCUT2D eigenvalue weighted by Crippen LogP contribution is -2.65. The van der Waals surface area contributed by atoms with E-state index in [1.165, 1.54) is 38.5 Å². The molecule has 0 unspecified atom stereocenters. The van der Waals surface area contributed by atoms with Crippen molar-refractivity contribution in [2.45, 2.75) is 69.3 Å². The van der Waals surface area contributed by atoms with Gasteiger partial charge in [-0.1, -0.05) is 6.07 Å². The topological polar surface area (TPSA) is 42.4 Å². The maximum Gasteiger partial charge on any atom is 0.228 e. The van der Waals surface area contributed by atoms with Crippen molar-refractivity contribution in [1.29, 1.82) is 0 Å². The molecule has 1 amide bonds. The van der Waals surface area contributed by atoms with Crippen molar-refractivity contribution < 1.29 is 9.53 Å². The molecule has 4 aliphatic carbocycles. The Morgan fingerprint density at radius 2 is 1.83 bits per heavy atom. The van der Waals surface area contributed by atoms with E-state index in [0.29, 0.717) is 18.6 Å². The molecule has 4 bridgehead atoms. The first kappa shape index (κ1) is 18.7. The molecule has 7 rings (SSSR count). The molecule has 156 valence electrons. The number of carbonyl (C=O) groups excluding carboxylic acids is 1. The highest BCUT2D eigenvalue weighted by Crippen LogP contribution is 2.61. The Morgan fingerprint density at radius 1 is 1.14 bits per heavy atom. The molecule has 29 heavy (non-hydrogen) atoms. The number of aryl methyl sites for hydroxylation is 1. The van der Waals surface area contributed by atoms with Gasteiger partial charge in [0.2, 0.25) is 5.91 Å². The second kappa shape index (κ2) is 6.71. The largest absolute Gasteiger partial charge is 0.371 e. The number of thioether (sulfide) groups is 1. The maximum atomic E-state index is 13.5. The van der Waals surface area contributed by atoms with Crippen LogP contribution in [0.4, 0.5) is 0 Å². The molecule has 0 radical (unpaired) electrons. The van der Waals surface area contributed by atoms with E-state index in [2.05, 4.69) is 9.88 Å². The van der Waals surface area contributed by atoms with Crippen molar-refractivity contribution >= 4 is 17.7 Å². The molecule has 4 nitrogen and oxygen atoms in total. The Bertz CT molecular complexity index is 784. The van der Waals surface area contributed by atoms with Crippen LogP contribution in [0.2, 0.25) is 0 Å². The summed E-state index contributed by atoms with van der Waals surface area (Å²) >= 11 is 2.04. The summed E-state index contributed by atoms with van der Waals surface area (Å²) in [5.41, 5.74) is 2.08. The number of amides is 1. The van der Waals surface area contributed by atoms with Gasteiger partial charge in [-0.25, -0.2) is 0 Å². The summed E-state index contributed by atoms with van der Waals surface area (Å²) < 4.78 is 6.44. The van der Waals surface area contributed by atoms with Gasteiger partial charge in [-0.15, -0.1) is 11.8 Å². The van der Waals surface area contributed by atoms with Gasteiger partial charge < -0.3 is 9.64 Å². The number of carbonyl (C=O) groups is 1. The SMILES string of the molecule is Cc1cccc(CO[C@H]2CSC3(C2)CN(C(=O)C24CC5CC(CC(C5)C2)C4)C3)n1. The molecule has 6 aliphatic rings. The smallest absolute Gasteiger partial charge is 0.228 e. The molecule has 2 saturated heterocycles. The van der Waals surface area contributed by atoms with Crippen LogP contribution in [0.15, 0.2) is 18.2 Å². The molecule has 4 saturated carbocycles. The molecule has 2 aliphatic heterocycles. The number of ether oxygens (including phenoxy) is 1. The molecule has 3 heterocycles. The summed E-state index contributed by atoms with van der Waals surface area (Å²) in [5.74, 6) is 4.08. The van der Waals surface area contributed by atoms with Crippen molar-refractivity contribution in [2.24, 2.45) is 23.2 Å². The highest BCUT2D eigenvalue weighted by atomic mass is 32.2. The van der Waals surface area contributed by atoms with Gasteiger partial charge in [-0.05, 0) is 81.8 Å². The minimum atomic E-state index is 0.0202. The monoisotopic (exact) mass is 412 g/mol. The molecule has 1 spiro atoms. The molecule has 5 heteroatoms. The molecule has 0 N–H and O–H groups in total. The summed E-state index contributed by atoms with van der Waals surface area (Å²) in [4.78, 5) is 20.3. The van der Waals surface area contributed by atoms with Crippen LogP contribution in [-0.2, 0) is 16.1 Å². The van der Waals surface area contributed by atoms with Crippen molar-refractivity contribution in [3.63, 3.8) is 0 Å². The lowest BCUT2D eigenvalue weighted by molar-refractivity contribution is -0.163. The number of pyridine rings is 1. The fourth-order valence-electron chi connectivity index (χ4n) is 7.51. The van der Waals surface area contributed by atoms with E-state index in [-0.39, 0.29) is 10.2 Å². The zero-order valence-electron chi connectivity index (χ0n) is 17.4. The first-order valence-electron chi connectivity index (χ1n) is 11.5. The fraction of sp³-hybridized carbons (Fsp3) is 0.750. The van der Waals surface area contributed by atoms with Crippen molar-refractivity contribution in [3.05, 3.63) is 29.6 Å². The lowest BCUT2D eigenvalue weighted by Gasteiger charge is -2.59. The first-order valence-corrected chi connectivity index (χ1v) is 12.5. The van der Waals surface area contributed by atoms with Crippen LogP contribution in [0.25, 0.3) is 0 Å². The van der Waals surface area contributed by atoms with Gasteiger partial charge >= 0.3 is 0 Å². The molecule has 1 atom stereocenters. The summed E-state index contributed by atoms with van der Waals surface area (Å²) in [7, 11) is 0. The molecule has 6 fully saturated rings. The average Bonchev–Trinajstić information content (AvgIpc) is 3.08. The van der Waals surface area contributed by atoms with E-state index in [9.17, 15) is 4.79 Å². The molecular formula is C24H32N2O2S. The van der Waals surface area contributed by atoms with Crippen molar-refractivity contribution in [1.82, 2.24) is 9.88 Å². The van der Waals surface area contributed by atoms with Crippen molar-refractivity contribution in [3.8, 4) is 0 Å². The van der Waals surface area contributed by atoms with Crippen LogP contribution < -0.4 is 0 Å². The van der Waals surface area contributed by atoms with Crippen LogP contribution in [0.5, 0.6) is 0 Å². The van der Waals surface area contributed by atoms with E-state index in [4.69, 9.17) is 4.74 Å². The summed E-state index contributed by atoms with van der Waals surface area (Å²) in [6.07, 6.45) is 9.13. The number of hydrogen-bond acceptors (Lipinski definition) is 4. The molecule has 0 aromatic carbocycles. The standard InChI is InChI=1S/C24H32N2O2S/c1-16-3-2-4-20(25-16)12-28-21-11-24(29-13-21)14-26(15-24)22(27)23-8-17-5-18(9-23)7-19(6-17)10-23/h2-4,17-19,21H,5-15H2,1H3/t17?,18?,19?,21-,23?/m1/s1. The highest BCUT2D eigenvalue weighted by molar-refractivity contribution is 8.01. The third kappa shape index (κ3) is 3.23. The highest BCUT2D eigenvalue weighted by Gasteiger charge is 2.59.